The van der Waals surface area contributed by atoms with Crippen molar-refractivity contribution in [3.8, 4) is 0 Å². The molecule has 134 valence electrons. The van der Waals surface area contributed by atoms with Gasteiger partial charge in [-0.3, -0.25) is 14.4 Å². The number of nitrogens with two attached hydrogens (primary N) is 1. The van der Waals surface area contributed by atoms with Crippen molar-refractivity contribution in [2.45, 2.75) is 25.2 Å². The zero-order valence-electron chi connectivity index (χ0n) is 14.3. The highest BCUT2D eigenvalue weighted by atomic mass is 19.1. The van der Waals surface area contributed by atoms with E-state index in [9.17, 15) is 9.18 Å². The van der Waals surface area contributed by atoms with Gasteiger partial charge in [-0.15, -0.1) is 0 Å². The summed E-state index contributed by atoms with van der Waals surface area (Å²) in [4.78, 5) is 24.0. The lowest BCUT2D eigenvalue weighted by molar-refractivity contribution is 0.0744. The fourth-order valence-corrected chi connectivity index (χ4v) is 3.19. The smallest absolute Gasteiger partial charge is 0.276 e. The fraction of sp³-hybridized carbons (Fsp3) is 0.500. The second-order valence-corrected chi connectivity index (χ2v) is 6.41. The van der Waals surface area contributed by atoms with Crippen molar-refractivity contribution in [2.75, 3.05) is 25.9 Å². The third kappa shape index (κ3) is 3.93. The van der Waals surface area contributed by atoms with Crippen LogP contribution in [0.4, 0.5) is 10.2 Å². The van der Waals surface area contributed by atoms with E-state index in [4.69, 9.17) is 5.73 Å². The molecule has 2 atom stereocenters. The third-order valence-corrected chi connectivity index (χ3v) is 4.38. The van der Waals surface area contributed by atoms with E-state index in [1.54, 1.807) is 17.9 Å². The molecule has 2 aromatic heterocycles. The van der Waals surface area contributed by atoms with Crippen LogP contribution < -0.4 is 5.73 Å². The summed E-state index contributed by atoms with van der Waals surface area (Å²) in [6, 6.07) is -0.0675. The first-order valence-electron chi connectivity index (χ1n) is 8.11. The van der Waals surface area contributed by atoms with Gasteiger partial charge in [0.15, 0.2) is 11.5 Å². The maximum atomic E-state index is 14.0. The van der Waals surface area contributed by atoms with Gasteiger partial charge in [-0.25, -0.2) is 14.4 Å². The summed E-state index contributed by atoms with van der Waals surface area (Å²) in [5, 5.41) is 4.14. The molecule has 1 amide bonds. The standard InChI is InChI=1S/C16H22FN7O/c1-22(16(25)14-15(18)20-4-3-19-14)10-13-5-12(17)9-24(13)8-11-6-21-23(2)7-11/h3-4,6-7,12-13H,5,8-10H2,1-2H3,(H2,18,20)/t12-,13-/m0/s1. The van der Waals surface area contributed by atoms with E-state index in [2.05, 4.69) is 15.1 Å². The van der Waals surface area contributed by atoms with Gasteiger partial charge in [-0.2, -0.15) is 5.10 Å². The number of hydrogen-bond donors (Lipinski definition) is 1. The average Bonchev–Trinajstić information content (AvgIpc) is 3.13. The summed E-state index contributed by atoms with van der Waals surface area (Å²) in [5.74, 6) is -0.212. The highest BCUT2D eigenvalue weighted by Gasteiger charge is 2.34. The zero-order valence-corrected chi connectivity index (χ0v) is 14.3. The highest BCUT2D eigenvalue weighted by Crippen LogP contribution is 2.23. The number of carbonyl (C=O) groups excluding carboxylic acids is 1. The Bertz CT molecular complexity index is 750. The summed E-state index contributed by atoms with van der Waals surface area (Å²) < 4.78 is 15.7. The van der Waals surface area contributed by atoms with E-state index in [0.717, 1.165) is 5.56 Å². The Morgan fingerprint density at radius 2 is 2.20 bits per heavy atom. The molecule has 3 rings (SSSR count). The Kier molecular flexibility index (Phi) is 4.93. The average molecular weight is 347 g/mol. The van der Waals surface area contributed by atoms with Gasteiger partial charge in [-0.05, 0) is 6.42 Å². The minimum Gasteiger partial charge on any atom is -0.382 e. The number of hydrogen-bond acceptors (Lipinski definition) is 6. The van der Waals surface area contributed by atoms with E-state index < -0.39 is 6.17 Å². The predicted octanol–water partition coefficient (Wildman–Crippen LogP) is 0.477. The first-order chi connectivity index (χ1) is 11.9. The number of nitrogen functional groups attached to an aromatic ring is 1. The normalized spacial score (nSPS) is 20.8. The number of alkyl halides is 1. The zero-order chi connectivity index (χ0) is 18.0. The van der Waals surface area contributed by atoms with Crippen LogP contribution in [0.1, 0.15) is 22.5 Å². The number of nitrogens with zero attached hydrogens (tertiary/aromatic N) is 6. The Morgan fingerprint density at radius 1 is 1.44 bits per heavy atom. The van der Waals surface area contributed by atoms with E-state index in [1.807, 2.05) is 18.1 Å². The number of halogens is 1. The van der Waals surface area contributed by atoms with E-state index in [0.29, 0.717) is 26.1 Å². The Hall–Kier alpha value is -2.55. The van der Waals surface area contributed by atoms with E-state index in [-0.39, 0.29) is 23.5 Å². The van der Waals surface area contributed by atoms with Gasteiger partial charge in [-0.1, -0.05) is 0 Å². The fourth-order valence-electron chi connectivity index (χ4n) is 3.19. The lowest BCUT2D eigenvalue weighted by Crippen LogP contribution is -2.41. The molecule has 0 aliphatic carbocycles. The van der Waals surface area contributed by atoms with Crippen molar-refractivity contribution >= 4 is 11.7 Å². The second kappa shape index (κ2) is 7.14. The topological polar surface area (TPSA) is 93.2 Å². The van der Waals surface area contributed by atoms with Crippen LogP contribution in [0.15, 0.2) is 24.8 Å². The summed E-state index contributed by atoms with van der Waals surface area (Å²) in [6.07, 6.45) is 6.06. The van der Waals surface area contributed by atoms with Crippen molar-refractivity contribution in [3.05, 3.63) is 36.0 Å². The molecular formula is C16H22FN7O. The number of likely N-dealkylation sites (tertiary alicyclic amines) is 1. The molecule has 2 N–H and O–H groups in total. The van der Waals surface area contributed by atoms with E-state index >= 15 is 0 Å². The maximum absolute atomic E-state index is 14.0. The molecule has 9 heteroatoms. The van der Waals surface area contributed by atoms with Gasteiger partial charge < -0.3 is 10.6 Å². The summed E-state index contributed by atoms with van der Waals surface area (Å²) in [7, 11) is 3.52. The second-order valence-electron chi connectivity index (χ2n) is 6.41. The van der Waals surface area contributed by atoms with Crippen LogP contribution >= 0.6 is 0 Å². The molecule has 1 saturated heterocycles. The summed E-state index contributed by atoms with van der Waals surface area (Å²) in [5.41, 5.74) is 6.87. The highest BCUT2D eigenvalue weighted by molar-refractivity contribution is 5.96. The lowest BCUT2D eigenvalue weighted by Gasteiger charge is -2.28. The molecule has 0 radical (unpaired) electrons. The number of anilines is 1. The lowest BCUT2D eigenvalue weighted by atomic mass is 10.2. The number of likely N-dealkylation sites (N-methyl/N-ethyl adjacent to an activating group) is 1. The largest absolute Gasteiger partial charge is 0.382 e. The molecule has 8 nitrogen and oxygen atoms in total. The molecule has 0 unspecified atom stereocenters. The van der Waals surface area contributed by atoms with Crippen LogP contribution in [0.5, 0.6) is 0 Å². The molecule has 0 spiro atoms. The number of amides is 1. The number of carbonyl (C=O) groups is 1. The minimum absolute atomic E-state index is 0.0675. The van der Waals surface area contributed by atoms with E-state index in [1.165, 1.54) is 17.3 Å². The molecule has 0 saturated carbocycles. The van der Waals surface area contributed by atoms with Gasteiger partial charge in [0.05, 0.1) is 6.20 Å². The molecule has 0 aromatic carbocycles. The first-order valence-corrected chi connectivity index (χ1v) is 8.11. The first kappa shape index (κ1) is 17.3. The maximum Gasteiger partial charge on any atom is 0.276 e. The van der Waals surface area contributed by atoms with Crippen molar-refractivity contribution in [2.24, 2.45) is 7.05 Å². The van der Waals surface area contributed by atoms with Gasteiger partial charge in [0.25, 0.3) is 5.91 Å². The van der Waals surface area contributed by atoms with Crippen LogP contribution in [0, 0.1) is 0 Å². The number of aryl methyl sites for hydroxylation is 1. The summed E-state index contributed by atoms with van der Waals surface area (Å²) in [6.45, 7) is 1.36. The monoisotopic (exact) mass is 347 g/mol. The molecule has 1 aliphatic rings. The van der Waals surface area contributed by atoms with Crippen molar-refractivity contribution in [1.29, 1.82) is 0 Å². The molecule has 1 fully saturated rings. The third-order valence-electron chi connectivity index (χ3n) is 4.38. The molecule has 3 heterocycles. The quantitative estimate of drug-likeness (QED) is 0.845. The van der Waals surface area contributed by atoms with Gasteiger partial charge in [0.1, 0.15) is 6.17 Å². The molecule has 25 heavy (non-hydrogen) atoms. The Morgan fingerprint density at radius 3 is 2.88 bits per heavy atom. The van der Waals surface area contributed by atoms with Crippen molar-refractivity contribution < 1.29 is 9.18 Å². The molecule has 0 bridgehead atoms. The van der Waals surface area contributed by atoms with Gasteiger partial charge in [0.2, 0.25) is 0 Å². The Labute approximate surface area is 145 Å². The molecule has 1 aliphatic heterocycles. The van der Waals surface area contributed by atoms with Gasteiger partial charge >= 0.3 is 0 Å². The summed E-state index contributed by atoms with van der Waals surface area (Å²) >= 11 is 0. The van der Waals surface area contributed by atoms with Crippen LogP contribution in [0.2, 0.25) is 0 Å². The van der Waals surface area contributed by atoms with Crippen LogP contribution in [0.3, 0.4) is 0 Å². The van der Waals surface area contributed by atoms with Crippen LogP contribution in [-0.2, 0) is 13.6 Å². The molecular weight excluding hydrogens is 325 g/mol. The number of aromatic nitrogens is 4. The Balaban J connectivity index is 1.67. The van der Waals surface area contributed by atoms with Crippen LogP contribution in [-0.4, -0.2) is 67.8 Å². The predicted molar refractivity (Wildman–Crippen MR) is 90.3 cm³/mol. The van der Waals surface area contributed by atoms with Crippen molar-refractivity contribution in [3.63, 3.8) is 0 Å². The molecule has 2 aromatic rings. The van der Waals surface area contributed by atoms with Crippen molar-refractivity contribution in [1.82, 2.24) is 29.5 Å². The van der Waals surface area contributed by atoms with Gasteiger partial charge in [0, 0.05) is 63.9 Å². The minimum atomic E-state index is -0.897. The SMILES string of the molecule is CN(C[C@@H]1C[C@H](F)CN1Cc1cnn(C)c1)C(=O)c1nccnc1N. The van der Waals surface area contributed by atoms with Crippen LogP contribution in [0.25, 0.3) is 0 Å². The number of rotatable bonds is 5.